The van der Waals surface area contributed by atoms with Crippen molar-refractivity contribution in [3.05, 3.63) is 59.2 Å². The van der Waals surface area contributed by atoms with Gasteiger partial charge in [0, 0.05) is 23.1 Å². The van der Waals surface area contributed by atoms with E-state index in [1.165, 1.54) is 0 Å². The summed E-state index contributed by atoms with van der Waals surface area (Å²) in [5.74, 6) is 0.782. The molecule has 148 valence electrons. The number of rotatable bonds is 6. The van der Waals surface area contributed by atoms with Crippen LogP contribution >= 0.6 is 11.6 Å². The van der Waals surface area contributed by atoms with Crippen molar-refractivity contribution in [2.45, 2.75) is 20.0 Å². The van der Waals surface area contributed by atoms with E-state index in [-0.39, 0.29) is 0 Å². The van der Waals surface area contributed by atoms with Crippen LogP contribution in [0.4, 0.5) is 11.5 Å². The maximum absolute atomic E-state index is 11.7. The lowest BCUT2D eigenvalue weighted by Crippen LogP contribution is -2.26. The molecule has 0 amide bonds. The molecule has 0 fully saturated rings. The minimum Gasteiger partial charge on any atom is -0.479 e. The molecule has 1 unspecified atom stereocenters. The maximum Gasteiger partial charge on any atom is 0.347 e. The molecule has 7 heteroatoms. The van der Waals surface area contributed by atoms with Crippen molar-refractivity contribution in [1.82, 2.24) is 4.98 Å². The third-order valence-corrected chi connectivity index (χ3v) is 4.62. The Balaban J connectivity index is 1.83. The van der Waals surface area contributed by atoms with Crippen molar-refractivity contribution in [3.8, 4) is 11.8 Å². The number of ether oxygens (including phenoxy) is 2. The van der Waals surface area contributed by atoms with Crippen molar-refractivity contribution >= 4 is 39.8 Å². The van der Waals surface area contributed by atoms with Gasteiger partial charge in [-0.1, -0.05) is 17.7 Å². The summed E-state index contributed by atoms with van der Waals surface area (Å²) < 4.78 is 10.6. The summed E-state index contributed by atoms with van der Waals surface area (Å²) in [5.41, 5.74) is 1.17. The summed E-state index contributed by atoms with van der Waals surface area (Å²) in [6.45, 7) is 3.71. The highest BCUT2D eigenvalue weighted by Crippen LogP contribution is 2.29. The lowest BCUT2D eigenvalue weighted by molar-refractivity contribution is -0.150. The summed E-state index contributed by atoms with van der Waals surface area (Å²) >= 11 is 6.05. The number of hydrogen-bond acceptors (Lipinski definition) is 6. The number of carbonyl (C=O) groups excluding carboxylic acids is 1. The fraction of sp³-hybridized carbons (Fsp3) is 0.227. The molecule has 0 spiro atoms. The average Bonchev–Trinajstić information content (AvgIpc) is 2.73. The van der Waals surface area contributed by atoms with Gasteiger partial charge in [0.15, 0.2) is 11.8 Å². The number of nitriles is 1. The van der Waals surface area contributed by atoms with Crippen molar-refractivity contribution in [2.24, 2.45) is 0 Å². The number of esters is 1. The molecule has 0 saturated carbocycles. The normalized spacial score (nSPS) is 11.6. The lowest BCUT2D eigenvalue weighted by Gasteiger charge is -2.20. The highest BCUT2D eigenvalue weighted by molar-refractivity contribution is 6.31. The largest absolute Gasteiger partial charge is 0.479 e. The molecule has 1 heterocycles. The topological polar surface area (TPSA) is 75.5 Å². The lowest BCUT2D eigenvalue weighted by atomic mass is 10.1. The molecular weight excluding hydrogens is 390 g/mol. The number of carbonyl (C=O) groups is 1. The second-order valence-corrected chi connectivity index (χ2v) is 6.81. The number of anilines is 2. The van der Waals surface area contributed by atoms with E-state index in [1.54, 1.807) is 38.1 Å². The van der Waals surface area contributed by atoms with Gasteiger partial charge in [-0.15, -0.1) is 0 Å². The Morgan fingerprint density at radius 1 is 1.24 bits per heavy atom. The quantitative estimate of drug-likeness (QED) is 0.541. The molecule has 6 nitrogen and oxygen atoms in total. The highest BCUT2D eigenvalue weighted by Gasteiger charge is 2.16. The van der Waals surface area contributed by atoms with Gasteiger partial charge >= 0.3 is 5.97 Å². The SMILES string of the molecule is CCOC(=O)C(C)Oc1ccc(N(C)c2cc3ccc(Cl)cc3c(C#N)n2)cc1. The first-order valence-electron chi connectivity index (χ1n) is 9.10. The molecule has 1 atom stereocenters. The third-order valence-electron chi connectivity index (χ3n) is 4.39. The molecule has 3 rings (SSSR count). The Labute approximate surface area is 174 Å². The molecule has 0 aliphatic heterocycles. The number of nitrogens with zero attached hydrogens (tertiary/aromatic N) is 3. The smallest absolute Gasteiger partial charge is 0.347 e. The molecule has 3 aromatic rings. The molecule has 0 aliphatic carbocycles. The van der Waals surface area contributed by atoms with Crippen LogP contribution in [0.15, 0.2) is 48.5 Å². The number of aromatic nitrogens is 1. The van der Waals surface area contributed by atoms with Crippen LogP contribution in [0, 0.1) is 11.3 Å². The van der Waals surface area contributed by atoms with Gasteiger partial charge in [0.25, 0.3) is 0 Å². The number of hydrogen-bond donors (Lipinski definition) is 0. The monoisotopic (exact) mass is 409 g/mol. The zero-order chi connectivity index (χ0) is 21.0. The van der Waals surface area contributed by atoms with E-state index in [0.29, 0.717) is 34.3 Å². The van der Waals surface area contributed by atoms with Crippen LogP contribution in [-0.4, -0.2) is 30.7 Å². The maximum atomic E-state index is 11.7. The van der Waals surface area contributed by atoms with Crippen LogP contribution < -0.4 is 9.64 Å². The number of fused-ring (bicyclic) bond motifs is 1. The molecule has 0 saturated heterocycles. The van der Waals surface area contributed by atoms with Crippen LogP contribution in [-0.2, 0) is 9.53 Å². The van der Waals surface area contributed by atoms with Crippen molar-refractivity contribution in [2.75, 3.05) is 18.6 Å². The van der Waals surface area contributed by atoms with E-state index in [0.717, 1.165) is 11.1 Å². The molecule has 0 radical (unpaired) electrons. The van der Waals surface area contributed by atoms with Gasteiger partial charge in [0.1, 0.15) is 17.6 Å². The summed E-state index contributed by atoms with van der Waals surface area (Å²) in [6.07, 6.45) is -0.689. The predicted molar refractivity (Wildman–Crippen MR) is 113 cm³/mol. The summed E-state index contributed by atoms with van der Waals surface area (Å²) in [6, 6.07) is 16.7. The van der Waals surface area contributed by atoms with E-state index in [2.05, 4.69) is 11.1 Å². The highest BCUT2D eigenvalue weighted by atomic mass is 35.5. The van der Waals surface area contributed by atoms with E-state index in [1.807, 2.05) is 36.2 Å². The van der Waals surface area contributed by atoms with Gasteiger partial charge in [-0.05, 0) is 61.7 Å². The van der Waals surface area contributed by atoms with Gasteiger partial charge in [-0.3, -0.25) is 0 Å². The van der Waals surface area contributed by atoms with Gasteiger partial charge in [-0.25, -0.2) is 9.78 Å². The zero-order valence-electron chi connectivity index (χ0n) is 16.3. The first-order chi connectivity index (χ1) is 13.9. The van der Waals surface area contributed by atoms with Gasteiger partial charge in [0.05, 0.1) is 6.61 Å². The Bertz CT molecular complexity index is 1080. The van der Waals surface area contributed by atoms with Crippen molar-refractivity contribution < 1.29 is 14.3 Å². The fourth-order valence-electron chi connectivity index (χ4n) is 2.86. The molecule has 0 bridgehead atoms. The fourth-order valence-corrected chi connectivity index (χ4v) is 3.03. The van der Waals surface area contributed by atoms with E-state index in [9.17, 15) is 10.1 Å². The minimum absolute atomic E-state index is 0.311. The van der Waals surface area contributed by atoms with E-state index >= 15 is 0 Å². The second-order valence-electron chi connectivity index (χ2n) is 6.37. The standard InChI is InChI=1S/C22H20ClN3O3/c1-4-28-22(27)14(2)29-18-9-7-17(8-10-18)26(3)21-11-15-5-6-16(23)12-19(15)20(13-24)25-21/h5-12,14H,4H2,1-3H3. The Kier molecular flexibility index (Phi) is 6.20. The van der Waals surface area contributed by atoms with Crippen LogP contribution in [0.3, 0.4) is 0 Å². The molecular formula is C22H20ClN3O3. The minimum atomic E-state index is -0.689. The Morgan fingerprint density at radius 2 is 1.97 bits per heavy atom. The summed E-state index contributed by atoms with van der Waals surface area (Å²) in [7, 11) is 1.86. The zero-order valence-corrected chi connectivity index (χ0v) is 17.1. The number of pyridine rings is 1. The van der Waals surface area contributed by atoms with Crippen molar-refractivity contribution in [3.63, 3.8) is 0 Å². The van der Waals surface area contributed by atoms with E-state index in [4.69, 9.17) is 21.1 Å². The van der Waals surface area contributed by atoms with Crippen LogP contribution in [0.1, 0.15) is 19.5 Å². The predicted octanol–water partition coefficient (Wildman–Crippen LogP) is 4.86. The number of benzene rings is 2. The Morgan fingerprint density at radius 3 is 2.62 bits per heavy atom. The average molecular weight is 410 g/mol. The van der Waals surface area contributed by atoms with Gasteiger partial charge < -0.3 is 14.4 Å². The molecule has 1 aromatic heterocycles. The van der Waals surface area contributed by atoms with Gasteiger partial charge in [0.2, 0.25) is 0 Å². The second kappa shape index (κ2) is 8.80. The third kappa shape index (κ3) is 4.58. The Hall–Kier alpha value is -3.30. The summed E-state index contributed by atoms with van der Waals surface area (Å²) in [4.78, 5) is 18.0. The first kappa shape index (κ1) is 20.4. The van der Waals surface area contributed by atoms with Crippen LogP contribution in [0.2, 0.25) is 5.02 Å². The summed E-state index contributed by atoms with van der Waals surface area (Å²) in [5, 5.41) is 11.6. The first-order valence-corrected chi connectivity index (χ1v) is 9.48. The molecule has 29 heavy (non-hydrogen) atoms. The van der Waals surface area contributed by atoms with Crippen LogP contribution in [0.25, 0.3) is 10.8 Å². The number of halogens is 1. The molecule has 2 aromatic carbocycles. The van der Waals surface area contributed by atoms with Crippen molar-refractivity contribution in [1.29, 1.82) is 5.26 Å². The molecule has 0 aliphatic rings. The molecule has 0 N–H and O–H groups in total. The van der Waals surface area contributed by atoms with E-state index < -0.39 is 12.1 Å². The van der Waals surface area contributed by atoms with Gasteiger partial charge in [-0.2, -0.15) is 5.26 Å². The van der Waals surface area contributed by atoms with Crippen LogP contribution in [0.5, 0.6) is 5.75 Å².